The predicted octanol–water partition coefficient (Wildman–Crippen LogP) is 1.86. The Labute approximate surface area is 114 Å². The predicted molar refractivity (Wildman–Crippen MR) is 77.2 cm³/mol. The first-order valence-corrected chi connectivity index (χ1v) is 6.33. The van der Waals surface area contributed by atoms with Crippen LogP contribution in [0.2, 0.25) is 0 Å². The summed E-state index contributed by atoms with van der Waals surface area (Å²) in [7, 11) is 1.56. The van der Waals surface area contributed by atoms with Crippen LogP contribution in [0.25, 0.3) is 0 Å². The number of β-amino-alcohol motifs (C(OH)–C–C–N with tert-alkyl or cyclic N) is 1. The molecule has 5 nitrogen and oxygen atoms in total. The van der Waals surface area contributed by atoms with E-state index in [1.165, 1.54) is 0 Å². The molecule has 0 fully saturated rings. The summed E-state index contributed by atoms with van der Waals surface area (Å²) < 4.78 is 0. The number of hydrogen-bond acceptors (Lipinski definition) is 3. The number of aliphatic hydroxyl groups excluding tert-OH is 1. The first-order valence-electron chi connectivity index (χ1n) is 6.33. The maximum atomic E-state index is 11.1. The molecule has 2 amide bonds. The number of hydrogen-bond donors (Lipinski definition) is 4. The molecule has 5 heteroatoms. The molecule has 0 aliphatic rings. The van der Waals surface area contributed by atoms with E-state index in [2.05, 4.69) is 36.7 Å². The second-order valence-electron chi connectivity index (χ2n) is 5.47. The number of aliphatic hydroxyl groups is 1. The smallest absolute Gasteiger partial charge is 0.318 e. The first kappa shape index (κ1) is 15.5. The SMILES string of the molecule is CNC(=O)Nc1ccc(C(O)CNC(C)(C)C)cc1. The van der Waals surface area contributed by atoms with Gasteiger partial charge >= 0.3 is 6.03 Å². The number of anilines is 1. The van der Waals surface area contributed by atoms with Gasteiger partial charge in [0.25, 0.3) is 0 Å². The van der Waals surface area contributed by atoms with E-state index >= 15 is 0 Å². The van der Waals surface area contributed by atoms with Gasteiger partial charge in [-0.05, 0) is 38.5 Å². The third kappa shape index (κ3) is 5.72. The maximum absolute atomic E-state index is 11.1. The average Bonchev–Trinajstić information content (AvgIpc) is 2.36. The van der Waals surface area contributed by atoms with E-state index in [4.69, 9.17) is 0 Å². The summed E-state index contributed by atoms with van der Waals surface area (Å²) in [6.07, 6.45) is -0.562. The van der Waals surface area contributed by atoms with Gasteiger partial charge in [-0.2, -0.15) is 0 Å². The third-order valence-electron chi connectivity index (χ3n) is 2.61. The maximum Gasteiger partial charge on any atom is 0.318 e. The number of urea groups is 1. The van der Waals surface area contributed by atoms with Gasteiger partial charge < -0.3 is 21.1 Å². The van der Waals surface area contributed by atoms with Crippen LogP contribution in [0.15, 0.2) is 24.3 Å². The van der Waals surface area contributed by atoms with Crippen molar-refractivity contribution in [1.29, 1.82) is 0 Å². The summed E-state index contributed by atoms with van der Waals surface area (Å²) in [6, 6.07) is 6.89. The summed E-state index contributed by atoms with van der Waals surface area (Å²) in [5.74, 6) is 0. The minimum Gasteiger partial charge on any atom is -0.387 e. The van der Waals surface area contributed by atoms with Crippen LogP contribution >= 0.6 is 0 Å². The van der Waals surface area contributed by atoms with E-state index in [1.807, 2.05) is 0 Å². The fourth-order valence-electron chi connectivity index (χ4n) is 1.50. The van der Waals surface area contributed by atoms with Crippen molar-refractivity contribution in [2.45, 2.75) is 32.4 Å². The highest BCUT2D eigenvalue weighted by Gasteiger charge is 2.13. The van der Waals surface area contributed by atoms with E-state index in [1.54, 1.807) is 31.3 Å². The number of rotatable bonds is 4. The molecule has 0 radical (unpaired) electrons. The third-order valence-corrected chi connectivity index (χ3v) is 2.61. The number of carbonyl (C=O) groups is 1. The van der Waals surface area contributed by atoms with Crippen molar-refractivity contribution >= 4 is 11.7 Å². The molecule has 0 heterocycles. The molecule has 1 atom stereocenters. The van der Waals surface area contributed by atoms with Gasteiger partial charge in [0, 0.05) is 24.8 Å². The minimum atomic E-state index is -0.562. The van der Waals surface area contributed by atoms with E-state index in [-0.39, 0.29) is 11.6 Å². The topological polar surface area (TPSA) is 73.4 Å². The number of nitrogens with one attached hydrogen (secondary N) is 3. The molecule has 0 bridgehead atoms. The zero-order chi connectivity index (χ0) is 14.5. The van der Waals surface area contributed by atoms with Gasteiger partial charge in [0.15, 0.2) is 0 Å². The monoisotopic (exact) mass is 265 g/mol. The van der Waals surface area contributed by atoms with Gasteiger partial charge in [0.05, 0.1) is 6.10 Å². The van der Waals surface area contributed by atoms with Crippen LogP contribution < -0.4 is 16.0 Å². The molecule has 0 saturated heterocycles. The highest BCUT2D eigenvalue weighted by atomic mass is 16.3. The Morgan fingerprint density at radius 1 is 1.26 bits per heavy atom. The number of amides is 2. The molecular formula is C14H23N3O2. The number of benzene rings is 1. The number of carbonyl (C=O) groups excluding carboxylic acids is 1. The van der Waals surface area contributed by atoms with Crippen LogP contribution in [0.5, 0.6) is 0 Å². The molecule has 106 valence electrons. The molecule has 0 spiro atoms. The zero-order valence-corrected chi connectivity index (χ0v) is 11.9. The quantitative estimate of drug-likeness (QED) is 0.671. The highest BCUT2D eigenvalue weighted by molar-refractivity contribution is 5.88. The molecule has 19 heavy (non-hydrogen) atoms. The zero-order valence-electron chi connectivity index (χ0n) is 11.9. The molecule has 0 aliphatic heterocycles. The van der Waals surface area contributed by atoms with Crippen molar-refractivity contribution in [3.8, 4) is 0 Å². The second kappa shape index (κ2) is 6.54. The molecule has 0 aliphatic carbocycles. The van der Waals surface area contributed by atoms with Crippen molar-refractivity contribution in [2.75, 3.05) is 18.9 Å². The van der Waals surface area contributed by atoms with Crippen LogP contribution in [0.3, 0.4) is 0 Å². The van der Waals surface area contributed by atoms with E-state index < -0.39 is 6.10 Å². The summed E-state index contributed by atoms with van der Waals surface area (Å²) in [5.41, 5.74) is 1.49. The van der Waals surface area contributed by atoms with Crippen molar-refractivity contribution < 1.29 is 9.90 Å². The molecule has 1 aromatic carbocycles. The van der Waals surface area contributed by atoms with E-state index in [0.717, 1.165) is 5.56 Å². The summed E-state index contributed by atoms with van der Waals surface area (Å²) in [4.78, 5) is 11.1. The summed E-state index contributed by atoms with van der Waals surface area (Å²) in [6.45, 7) is 6.65. The van der Waals surface area contributed by atoms with Crippen molar-refractivity contribution in [3.63, 3.8) is 0 Å². The standard InChI is InChI=1S/C14H23N3O2/c1-14(2,3)16-9-12(18)10-5-7-11(8-6-10)17-13(19)15-4/h5-8,12,16,18H,9H2,1-4H3,(H2,15,17,19). The van der Waals surface area contributed by atoms with Crippen molar-refractivity contribution in [1.82, 2.24) is 10.6 Å². The average molecular weight is 265 g/mol. The molecule has 1 rings (SSSR count). The Morgan fingerprint density at radius 3 is 2.32 bits per heavy atom. The van der Waals surface area contributed by atoms with Crippen molar-refractivity contribution in [3.05, 3.63) is 29.8 Å². The Kier molecular flexibility index (Phi) is 5.32. The van der Waals surface area contributed by atoms with Crippen LogP contribution in [0, 0.1) is 0 Å². The second-order valence-corrected chi connectivity index (χ2v) is 5.47. The van der Waals surface area contributed by atoms with Crippen LogP contribution in [0.4, 0.5) is 10.5 Å². The lowest BCUT2D eigenvalue weighted by atomic mass is 10.1. The van der Waals surface area contributed by atoms with Crippen LogP contribution in [-0.2, 0) is 0 Å². The largest absolute Gasteiger partial charge is 0.387 e. The normalized spacial score (nSPS) is 12.9. The van der Waals surface area contributed by atoms with Gasteiger partial charge in [-0.25, -0.2) is 4.79 Å². The molecule has 4 N–H and O–H groups in total. The Hall–Kier alpha value is -1.59. The summed E-state index contributed by atoms with van der Waals surface area (Å²) in [5, 5.41) is 18.4. The van der Waals surface area contributed by atoms with Gasteiger partial charge in [0.1, 0.15) is 0 Å². The lowest BCUT2D eigenvalue weighted by Crippen LogP contribution is -2.38. The van der Waals surface area contributed by atoms with Gasteiger partial charge in [0.2, 0.25) is 0 Å². The minimum absolute atomic E-state index is 0.0261. The molecule has 1 aromatic rings. The lowest BCUT2D eigenvalue weighted by Gasteiger charge is -2.23. The van der Waals surface area contributed by atoms with E-state index in [9.17, 15) is 9.90 Å². The van der Waals surface area contributed by atoms with Gasteiger partial charge in [-0.3, -0.25) is 0 Å². The molecule has 0 aromatic heterocycles. The van der Waals surface area contributed by atoms with E-state index in [0.29, 0.717) is 12.2 Å². The summed E-state index contributed by atoms with van der Waals surface area (Å²) >= 11 is 0. The van der Waals surface area contributed by atoms with Gasteiger partial charge in [-0.1, -0.05) is 12.1 Å². The Morgan fingerprint density at radius 2 is 1.84 bits per heavy atom. The first-order chi connectivity index (χ1) is 8.81. The molecular weight excluding hydrogens is 242 g/mol. The van der Waals surface area contributed by atoms with Crippen LogP contribution in [-0.4, -0.2) is 30.3 Å². The molecule has 1 unspecified atom stereocenters. The Balaban J connectivity index is 2.58. The lowest BCUT2D eigenvalue weighted by molar-refractivity contribution is 0.163. The van der Waals surface area contributed by atoms with Crippen LogP contribution in [0.1, 0.15) is 32.4 Å². The molecule has 0 saturated carbocycles. The fraction of sp³-hybridized carbons (Fsp3) is 0.500. The van der Waals surface area contributed by atoms with Crippen molar-refractivity contribution in [2.24, 2.45) is 0 Å². The van der Waals surface area contributed by atoms with Gasteiger partial charge in [-0.15, -0.1) is 0 Å². The highest BCUT2D eigenvalue weighted by Crippen LogP contribution is 2.16. The fourth-order valence-corrected chi connectivity index (χ4v) is 1.50. The Bertz CT molecular complexity index is 410.